The third-order valence-electron chi connectivity index (χ3n) is 4.53. The third-order valence-corrected chi connectivity index (χ3v) is 4.53. The Morgan fingerprint density at radius 1 is 1.06 bits per heavy atom. The maximum absolute atomic E-state index is 15.2. The maximum atomic E-state index is 15.2. The van der Waals surface area contributed by atoms with Crippen LogP contribution in [0, 0.1) is 38.6 Å². The van der Waals surface area contributed by atoms with Crippen molar-refractivity contribution in [3.05, 3.63) is 81.7 Å². The van der Waals surface area contributed by atoms with Gasteiger partial charge < -0.3 is 9.47 Å². The molecule has 172 valence electrons. The molecule has 0 amide bonds. The average Bonchev–Trinajstić information content (AvgIpc) is 2.79. The van der Waals surface area contributed by atoms with Crippen molar-refractivity contribution in [3.63, 3.8) is 0 Å². The number of alkyl halides is 3. The SMILES string of the molecule is CC(C#N)Oc1c([N+](=O)[O-])ccc(Oc2ccccc2)c1-c1c(F)cc(C(F)(F)F)cc1C#N. The number of nitro benzene ring substituents is 1. The van der Waals surface area contributed by atoms with Crippen LogP contribution >= 0.6 is 0 Å². The number of halogens is 4. The van der Waals surface area contributed by atoms with E-state index in [-0.39, 0.29) is 17.6 Å². The molecule has 34 heavy (non-hydrogen) atoms. The second kappa shape index (κ2) is 9.46. The summed E-state index contributed by atoms with van der Waals surface area (Å²) >= 11 is 0. The topological polar surface area (TPSA) is 109 Å². The molecule has 0 aliphatic heterocycles. The minimum atomic E-state index is -4.95. The van der Waals surface area contributed by atoms with Crippen molar-refractivity contribution in [1.29, 1.82) is 10.5 Å². The van der Waals surface area contributed by atoms with Crippen molar-refractivity contribution in [2.75, 3.05) is 0 Å². The van der Waals surface area contributed by atoms with E-state index >= 15 is 4.39 Å². The van der Waals surface area contributed by atoms with Crippen molar-refractivity contribution >= 4 is 5.69 Å². The molecule has 0 saturated carbocycles. The quantitative estimate of drug-likeness (QED) is 0.235. The van der Waals surface area contributed by atoms with E-state index in [0.29, 0.717) is 6.07 Å². The first-order valence-electron chi connectivity index (χ1n) is 9.48. The maximum Gasteiger partial charge on any atom is 0.416 e. The number of nitro groups is 1. The highest BCUT2D eigenvalue weighted by Crippen LogP contribution is 2.48. The molecule has 0 saturated heterocycles. The van der Waals surface area contributed by atoms with Gasteiger partial charge in [0.05, 0.1) is 27.7 Å². The van der Waals surface area contributed by atoms with Crippen molar-refractivity contribution in [3.8, 4) is 40.5 Å². The van der Waals surface area contributed by atoms with Gasteiger partial charge in [-0.2, -0.15) is 23.7 Å². The first-order chi connectivity index (χ1) is 16.1. The van der Waals surface area contributed by atoms with Gasteiger partial charge in [0.1, 0.15) is 23.4 Å². The Bertz CT molecular complexity index is 1330. The molecule has 1 atom stereocenters. The third kappa shape index (κ3) is 4.89. The highest BCUT2D eigenvalue weighted by molar-refractivity contribution is 5.85. The molecule has 0 heterocycles. The van der Waals surface area contributed by atoms with E-state index in [2.05, 4.69) is 0 Å². The van der Waals surface area contributed by atoms with Crippen LogP contribution in [-0.2, 0) is 6.18 Å². The second-order valence-electron chi connectivity index (χ2n) is 6.84. The van der Waals surface area contributed by atoms with Crippen LogP contribution in [0.15, 0.2) is 54.6 Å². The Kier molecular flexibility index (Phi) is 6.68. The fourth-order valence-corrected chi connectivity index (χ4v) is 3.07. The van der Waals surface area contributed by atoms with E-state index in [1.54, 1.807) is 24.3 Å². The normalized spacial score (nSPS) is 11.7. The summed E-state index contributed by atoms with van der Waals surface area (Å²) in [5.41, 5.74) is -4.08. The van der Waals surface area contributed by atoms with Gasteiger partial charge >= 0.3 is 11.9 Å². The summed E-state index contributed by atoms with van der Waals surface area (Å²) in [6, 6.07) is 13.8. The molecule has 0 spiro atoms. The van der Waals surface area contributed by atoms with E-state index in [4.69, 9.17) is 14.7 Å². The number of benzene rings is 3. The number of ether oxygens (including phenoxy) is 2. The number of nitriles is 2. The second-order valence-corrected chi connectivity index (χ2v) is 6.84. The molecule has 1 unspecified atom stereocenters. The molecule has 7 nitrogen and oxygen atoms in total. The standard InChI is InChI=1S/C23H13F4N3O4/c1-13(11-28)33-22-18(30(31)32)7-8-19(34-16-5-3-2-4-6-16)21(22)20-14(12-29)9-15(10-17(20)24)23(25,26)27/h2-10,13H,1H3. The van der Waals surface area contributed by atoms with Crippen molar-refractivity contribution in [2.45, 2.75) is 19.2 Å². The largest absolute Gasteiger partial charge is 0.468 e. The van der Waals surface area contributed by atoms with Crippen LogP contribution in [0.4, 0.5) is 23.2 Å². The van der Waals surface area contributed by atoms with Crippen molar-refractivity contribution in [1.82, 2.24) is 0 Å². The van der Waals surface area contributed by atoms with E-state index in [0.717, 1.165) is 12.1 Å². The number of hydrogen-bond donors (Lipinski definition) is 0. The Hall–Kier alpha value is -4.64. The van der Waals surface area contributed by atoms with E-state index < -0.39 is 56.7 Å². The summed E-state index contributed by atoms with van der Waals surface area (Å²) < 4.78 is 65.9. The molecule has 0 aromatic heterocycles. The predicted octanol–water partition coefficient (Wildman–Crippen LogP) is 6.37. The minimum Gasteiger partial charge on any atom is -0.468 e. The van der Waals surface area contributed by atoms with Gasteiger partial charge in [-0.25, -0.2) is 4.39 Å². The molecule has 0 radical (unpaired) electrons. The molecule has 3 rings (SSSR count). The number of rotatable bonds is 6. The van der Waals surface area contributed by atoms with Crippen molar-refractivity contribution in [2.24, 2.45) is 0 Å². The Morgan fingerprint density at radius 3 is 2.29 bits per heavy atom. The van der Waals surface area contributed by atoms with Gasteiger partial charge in [0, 0.05) is 11.6 Å². The zero-order valence-electron chi connectivity index (χ0n) is 17.3. The summed E-state index contributed by atoms with van der Waals surface area (Å²) in [6.45, 7) is 1.26. The smallest absolute Gasteiger partial charge is 0.416 e. The van der Waals surface area contributed by atoms with Crippen LogP contribution in [0.25, 0.3) is 11.1 Å². The van der Waals surface area contributed by atoms with Crippen molar-refractivity contribution < 1.29 is 32.0 Å². The van der Waals surface area contributed by atoms with E-state index in [1.165, 1.54) is 25.1 Å². The lowest BCUT2D eigenvalue weighted by Crippen LogP contribution is -2.12. The monoisotopic (exact) mass is 471 g/mol. The highest BCUT2D eigenvalue weighted by Gasteiger charge is 2.35. The summed E-state index contributed by atoms with van der Waals surface area (Å²) in [5, 5.41) is 30.3. The Balaban J connectivity index is 2.41. The number of hydrogen-bond acceptors (Lipinski definition) is 6. The zero-order chi connectivity index (χ0) is 25.0. The molecular formula is C23H13F4N3O4. The number of para-hydroxylation sites is 1. The molecule has 0 aliphatic carbocycles. The molecule has 11 heteroatoms. The minimum absolute atomic E-state index is 0.165. The van der Waals surface area contributed by atoms with Gasteiger partial charge in [-0.1, -0.05) is 18.2 Å². The summed E-state index contributed by atoms with van der Waals surface area (Å²) in [7, 11) is 0. The van der Waals surface area contributed by atoms with Gasteiger partial charge in [0.2, 0.25) is 5.75 Å². The van der Waals surface area contributed by atoms with Gasteiger partial charge in [-0.3, -0.25) is 10.1 Å². The van der Waals surface area contributed by atoms with Crippen LogP contribution in [-0.4, -0.2) is 11.0 Å². The summed E-state index contributed by atoms with van der Waals surface area (Å²) in [5.74, 6) is -2.16. The molecule has 3 aromatic carbocycles. The first kappa shape index (κ1) is 24.0. The zero-order valence-corrected chi connectivity index (χ0v) is 17.3. The molecule has 3 aromatic rings. The van der Waals surface area contributed by atoms with Gasteiger partial charge in [0.25, 0.3) is 0 Å². The van der Waals surface area contributed by atoms with Gasteiger partial charge in [-0.05, 0) is 37.3 Å². The van der Waals surface area contributed by atoms with E-state index in [1.807, 2.05) is 0 Å². The fourth-order valence-electron chi connectivity index (χ4n) is 3.07. The van der Waals surface area contributed by atoms with Gasteiger partial charge in [-0.15, -0.1) is 0 Å². The summed E-state index contributed by atoms with van der Waals surface area (Å²) in [6.07, 6.45) is -6.22. The van der Waals surface area contributed by atoms with Crippen LogP contribution in [0.1, 0.15) is 18.1 Å². The van der Waals surface area contributed by atoms with E-state index in [9.17, 15) is 28.5 Å². The summed E-state index contributed by atoms with van der Waals surface area (Å²) in [4.78, 5) is 10.8. The lowest BCUT2D eigenvalue weighted by molar-refractivity contribution is -0.385. The lowest BCUT2D eigenvalue weighted by Gasteiger charge is -2.19. The molecule has 0 N–H and O–H groups in total. The van der Waals surface area contributed by atoms with Crippen LogP contribution < -0.4 is 9.47 Å². The molecule has 0 aliphatic rings. The Morgan fingerprint density at radius 2 is 1.74 bits per heavy atom. The molecular weight excluding hydrogens is 458 g/mol. The van der Waals surface area contributed by atoms with Gasteiger partial charge in [0.15, 0.2) is 6.10 Å². The molecule has 0 fully saturated rings. The lowest BCUT2D eigenvalue weighted by atomic mass is 9.94. The predicted molar refractivity (Wildman–Crippen MR) is 110 cm³/mol. The fraction of sp³-hybridized carbons (Fsp3) is 0.130. The first-order valence-corrected chi connectivity index (χ1v) is 9.48. The van der Waals surface area contributed by atoms with Crippen LogP contribution in [0.3, 0.4) is 0 Å². The number of nitrogens with zero attached hydrogens (tertiary/aromatic N) is 3. The highest BCUT2D eigenvalue weighted by atomic mass is 19.4. The van der Waals surface area contributed by atoms with Crippen LogP contribution in [0.5, 0.6) is 17.2 Å². The Labute approximate surface area is 190 Å². The van der Waals surface area contributed by atoms with Crippen LogP contribution in [0.2, 0.25) is 0 Å². The average molecular weight is 471 g/mol. The molecule has 0 bridgehead atoms.